The van der Waals surface area contributed by atoms with Crippen LogP contribution in [0.1, 0.15) is 24.4 Å². The first-order valence-corrected chi connectivity index (χ1v) is 7.31. The van der Waals surface area contributed by atoms with Crippen LogP contribution in [-0.4, -0.2) is 17.6 Å². The van der Waals surface area contributed by atoms with E-state index in [4.69, 9.17) is 17.3 Å². The van der Waals surface area contributed by atoms with Crippen LogP contribution >= 0.6 is 11.6 Å². The highest BCUT2D eigenvalue weighted by Gasteiger charge is 2.19. The highest BCUT2D eigenvalue weighted by molar-refractivity contribution is 6.35. The Morgan fingerprint density at radius 1 is 1.30 bits per heavy atom. The molecule has 3 rings (SSSR count). The Kier molecular flexibility index (Phi) is 4.01. The molecular weight excluding hydrogens is 270 g/mol. The summed E-state index contributed by atoms with van der Waals surface area (Å²) in [5.74, 6) is 0. The van der Waals surface area contributed by atoms with Crippen molar-refractivity contribution in [2.45, 2.75) is 24.9 Å². The van der Waals surface area contributed by atoms with Crippen molar-refractivity contribution in [1.82, 2.24) is 10.3 Å². The quantitative estimate of drug-likeness (QED) is 0.849. The van der Waals surface area contributed by atoms with E-state index in [0.717, 1.165) is 34.3 Å². The number of fused-ring (bicyclic) bond motifs is 1. The summed E-state index contributed by atoms with van der Waals surface area (Å²) < 4.78 is 0. The summed E-state index contributed by atoms with van der Waals surface area (Å²) in [7, 11) is 0. The zero-order valence-corrected chi connectivity index (χ0v) is 12.0. The Labute approximate surface area is 123 Å². The van der Waals surface area contributed by atoms with Crippen LogP contribution in [0.4, 0.5) is 0 Å². The zero-order valence-electron chi connectivity index (χ0n) is 11.2. The number of pyridine rings is 1. The molecule has 1 atom stereocenters. The zero-order chi connectivity index (χ0) is 13.9. The molecule has 0 saturated carbocycles. The molecule has 0 radical (unpaired) electrons. The van der Waals surface area contributed by atoms with Gasteiger partial charge in [-0.05, 0) is 36.6 Å². The van der Waals surface area contributed by atoms with E-state index in [0.29, 0.717) is 12.6 Å². The lowest BCUT2D eigenvalue weighted by atomic mass is 10.0. The van der Waals surface area contributed by atoms with Crippen molar-refractivity contribution in [2.75, 3.05) is 6.54 Å². The largest absolute Gasteiger partial charge is 0.329 e. The van der Waals surface area contributed by atoms with Gasteiger partial charge in [0.05, 0.1) is 5.52 Å². The molecule has 0 amide bonds. The molecule has 0 fully saturated rings. The fourth-order valence-electron chi connectivity index (χ4n) is 2.76. The van der Waals surface area contributed by atoms with Gasteiger partial charge in [0.25, 0.3) is 0 Å². The second kappa shape index (κ2) is 5.92. The van der Waals surface area contributed by atoms with Crippen LogP contribution in [0.25, 0.3) is 10.9 Å². The van der Waals surface area contributed by atoms with Gasteiger partial charge in [-0.1, -0.05) is 29.8 Å². The lowest BCUT2D eigenvalue weighted by Gasteiger charge is -2.23. The maximum Gasteiger partial charge on any atom is 0.0765 e. The van der Waals surface area contributed by atoms with Crippen LogP contribution in [0.3, 0.4) is 0 Å². The van der Waals surface area contributed by atoms with Crippen LogP contribution < -0.4 is 11.1 Å². The third kappa shape index (κ3) is 2.57. The maximum atomic E-state index is 6.25. The Hall–Kier alpha value is -1.42. The SMILES string of the molecule is NCC(NC1CC=CC1)c1ccc(Cl)c2cccnc12. The molecular formula is C16H18ClN3. The summed E-state index contributed by atoms with van der Waals surface area (Å²) in [5, 5.41) is 5.34. The van der Waals surface area contributed by atoms with Crippen molar-refractivity contribution in [3.63, 3.8) is 0 Å². The highest BCUT2D eigenvalue weighted by Crippen LogP contribution is 2.29. The molecule has 1 aromatic heterocycles. The number of aromatic nitrogens is 1. The van der Waals surface area contributed by atoms with Crippen LogP contribution in [0.5, 0.6) is 0 Å². The first-order chi connectivity index (χ1) is 9.79. The third-order valence-electron chi connectivity index (χ3n) is 3.80. The summed E-state index contributed by atoms with van der Waals surface area (Å²) in [6.45, 7) is 0.545. The Bertz CT molecular complexity index is 631. The number of nitrogens with two attached hydrogens (primary N) is 1. The van der Waals surface area contributed by atoms with Crippen molar-refractivity contribution in [3.05, 3.63) is 53.2 Å². The molecule has 2 aromatic rings. The molecule has 1 unspecified atom stereocenters. The maximum absolute atomic E-state index is 6.25. The number of rotatable bonds is 4. The van der Waals surface area contributed by atoms with Gasteiger partial charge < -0.3 is 11.1 Å². The van der Waals surface area contributed by atoms with Gasteiger partial charge in [0.1, 0.15) is 0 Å². The van der Waals surface area contributed by atoms with E-state index in [1.165, 1.54) is 0 Å². The standard InChI is InChI=1S/C16H18ClN3/c17-14-8-7-13(16-12(14)6-3-9-19-16)15(10-18)20-11-4-1-2-5-11/h1-3,6-9,11,15,20H,4-5,10,18H2. The van der Waals surface area contributed by atoms with Gasteiger partial charge in [-0.25, -0.2) is 0 Å². The van der Waals surface area contributed by atoms with Crippen LogP contribution in [0, 0.1) is 0 Å². The number of hydrogen-bond donors (Lipinski definition) is 2. The van der Waals surface area contributed by atoms with Gasteiger partial charge >= 0.3 is 0 Å². The summed E-state index contributed by atoms with van der Waals surface area (Å²) in [6, 6.07) is 8.44. The molecule has 1 aliphatic rings. The first kappa shape index (κ1) is 13.6. The molecule has 0 spiro atoms. The topological polar surface area (TPSA) is 50.9 Å². The summed E-state index contributed by atoms with van der Waals surface area (Å²) in [6.07, 6.45) is 8.35. The van der Waals surface area contributed by atoms with Gasteiger partial charge in [-0.2, -0.15) is 0 Å². The van der Waals surface area contributed by atoms with E-state index in [1.54, 1.807) is 6.20 Å². The van der Waals surface area contributed by atoms with E-state index in [2.05, 4.69) is 22.5 Å². The number of nitrogens with zero attached hydrogens (tertiary/aromatic N) is 1. The second-order valence-corrected chi connectivity index (χ2v) is 5.54. The Morgan fingerprint density at radius 3 is 2.85 bits per heavy atom. The number of nitrogens with one attached hydrogen (secondary N) is 1. The van der Waals surface area contributed by atoms with E-state index in [1.807, 2.05) is 24.3 Å². The smallest absolute Gasteiger partial charge is 0.0765 e. The van der Waals surface area contributed by atoms with Crippen LogP contribution in [0.2, 0.25) is 5.02 Å². The summed E-state index contributed by atoms with van der Waals surface area (Å²) in [5.41, 5.74) is 8.03. The molecule has 20 heavy (non-hydrogen) atoms. The Morgan fingerprint density at radius 2 is 2.10 bits per heavy atom. The predicted octanol–water partition coefficient (Wildman–Crippen LogP) is 3.20. The van der Waals surface area contributed by atoms with Gasteiger partial charge in [-0.15, -0.1) is 0 Å². The third-order valence-corrected chi connectivity index (χ3v) is 4.13. The first-order valence-electron chi connectivity index (χ1n) is 6.94. The summed E-state index contributed by atoms with van der Waals surface area (Å²) in [4.78, 5) is 4.49. The highest BCUT2D eigenvalue weighted by atomic mass is 35.5. The van der Waals surface area contributed by atoms with Crippen molar-refractivity contribution in [1.29, 1.82) is 0 Å². The minimum absolute atomic E-state index is 0.106. The average Bonchev–Trinajstić information content (AvgIpc) is 2.99. The van der Waals surface area contributed by atoms with Gasteiger partial charge in [-0.3, -0.25) is 4.98 Å². The minimum Gasteiger partial charge on any atom is -0.329 e. The average molecular weight is 288 g/mol. The number of benzene rings is 1. The van der Waals surface area contributed by atoms with E-state index < -0.39 is 0 Å². The second-order valence-electron chi connectivity index (χ2n) is 5.13. The number of hydrogen-bond acceptors (Lipinski definition) is 3. The van der Waals surface area contributed by atoms with Crippen molar-refractivity contribution < 1.29 is 0 Å². The van der Waals surface area contributed by atoms with Crippen LogP contribution in [-0.2, 0) is 0 Å². The summed E-state index contributed by atoms with van der Waals surface area (Å²) >= 11 is 6.25. The van der Waals surface area contributed by atoms with Crippen molar-refractivity contribution in [3.8, 4) is 0 Å². The molecule has 0 saturated heterocycles. The molecule has 1 aliphatic carbocycles. The van der Waals surface area contributed by atoms with Crippen LogP contribution in [0.15, 0.2) is 42.6 Å². The van der Waals surface area contributed by atoms with E-state index in [-0.39, 0.29) is 6.04 Å². The Balaban J connectivity index is 1.96. The van der Waals surface area contributed by atoms with Gasteiger partial charge in [0.15, 0.2) is 0 Å². The molecule has 4 heteroatoms. The number of halogens is 1. The van der Waals surface area contributed by atoms with Gasteiger partial charge in [0, 0.05) is 35.2 Å². The normalized spacial score (nSPS) is 16.9. The lowest BCUT2D eigenvalue weighted by Crippen LogP contribution is -2.35. The molecule has 3 nitrogen and oxygen atoms in total. The molecule has 3 N–H and O–H groups in total. The van der Waals surface area contributed by atoms with E-state index in [9.17, 15) is 0 Å². The monoisotopic (exact) mass is 287 g/mol. The van der Waals surface area contributed by atoms with Crippen molar-refractivity contribution in [2.24, 2.45) is 5.73 Å². The fraction of sp³-hybridized carbons (Fsp3) is 0.312. The molecule has 1 aromatic carbocycles. The molecule has 1 heterocycles. The molecule has 104 valence electrons. The molecule has 0 aliphatic heterocycles. The minimum atomic E-state index is 0.106. The fourth-order valence-corrected chi connectivity index (χ4v) is 2.98. The van der Waals surface area contributed by atoms with E-state index >= 15 is 0 Å². The van der Waals surface area contributed by atoms with Crippen molar-refractivity contribution >= 4 is 22.5 Å². The lowest BCUT2D eigenvalue weighted by molar-refractivity contribution is 0.455. The predicted molar refractivity (Wildman–Crippen MR) is 83.8 cm³/mol. The molecule has 0 bridgehead atoms. The van der Waals surface area contributed by atoms with Gasteiger partial charge in [0.2, 0.25) is 0 Å².